The molecule has 0 saturated carbocycles. The maximum atomic E-state index is 4.49. The van der Waals surface area contributed by atoms with Crippen LogP contribution >= 0.6 is 27.6 Å². The zero-order valence-corrected chi connectivity index (χ0v) is 53.8. The molecule has 420 valence electrons. The van der Waals surface area contributed by atoms with E-state index in [0.29, 0.717) is 0 Å². The summed E-state index contributed by atoms with van der Waals surface area (Å²) in [7, 11) is 2.20. The Morgan fingerprint density at radius 1 is 0.487 bits per heavy atom. The van der Waals surface area contributed by atoms with Crippen LogP contribution in [0.4, 0.5) is 22.7 Å². The van der Waals surface area contributed by atoms with E-state index in [4.69, 9.17) is 0 Å². The molecule has 4 aliphatic heterocycles. The molecule has 6 aliphatic rings. The Balaban J connectivity index is 1.09. The summed E-state index contributed by atoms with van der Waals surface area (Å²) in [4.78, 5) is 9.28. The van der Waals surface area contributed by atoms with Crippen LogP contribution in [0.25, 0.3) is 0 Å². The molecule has 4 aromatic rings. The summed E-state index contributed by atoms with van der Waals surface area (Å²) in [6.07, 6.45) is 31.1. The fourth-order valence-corrected chi connectivity index (χ4v) is 20.9. The van der Waals surface area contributed by atoms with E-state index in [1.807, 2.05) is 0 Å². The number of allylic oxidation sites excluding steroid dienone is 14. The molecule has 80 heavy (non-hydrogen) atoms. The van der Waals surface area contributed by atoms with Crippen LogP contribution in [-0.4, -0.2) is 51.7 Å². The standard InChI is InChI=1S/C73H91IN5S/c1-14-48-76-60-36-22-18-32-56(60)70(5,6)64(76)44-40-52-28-26-29-53(41-45-65-71(7,8)57-33-19-23-37-61(57)77(65)49-15-2)68(52)75-74(13)80-69-54(42-46-66-72(9,10)58-34-20-24-38-62(58)78(66)50-16-3)30-27-31-55(69)43-47-67-73(11,12)59-35-21-25-39-63(59)79(67)51-17-4/h18-25,32-47H,14-17,26-31,48-51H2,1-13H3/q+1/p+1/b52-40+,64-44+. The van der Waals surface area contributed by atoms with E-state index in [2.05, 4.69) is 265 Å². The van der Waals surface area contributed by atoms with Crippen LogP contribution < -0.4 is 13.3 Å². The number of hydrogen-bond donors (Lipinski definition) is 1. The average molecular weight is 1200 g/mol. The Kier molecular flexibility index (Phi) is 17.2. The molecular formula is C73H92IN5S+2. The summed E-state index contributed by atoms with van der Waals surface area (Å²) in [6, 6.07) is 36.4. The third kappa shape index (κ3) is 10.7. The van der Waals surface area contributed by atoms with Gasteiger partial charge in [-0.2, -0.15) is 0 Å². The predicted octanol–water partition coefficient (Wildman–Crippen LogP) is 19.3. The number of anilines is 2. The van der Waals surface area contributed by atoms with Gasteiger partial charge in [-0.05, 0) is 0 Å². The molecule has 1 N–H and O–H groups in total. The molecule has 0 amide bonds. The van der Waals surface area contributed by atoms with Crippen molar-refractivity contribution in [3.05, 3.63) is 212 Å². The summed E-state index contributed by atoms with van der Waals surface area (Å²) in [5.74, 6) is 0. The molecule has 4 aromatic carbocycles. The normalized spacial score (nSPS) is 22.1. The van der Waals surface area contributed by atoms with Crippen molar-refractivity contribution in [1.29, 1.82) is 0 Å². The Bertz CT molecular complexity index is 3140. The van der Waals surface area contributed by atoms with E-state index < -0.39 is 18.7 Å². The van der Waals surface area contributed by atoms with Crippen LogP contribution in [0.5, 0.6) is 0 Å². The fourth-order valence-electron chi connectivity index (χ4n) is 14.1. The van der Waals surface area contributed by atoms with Crippen LogP contribution in [0, 0.1) is 0 Å². The molecule has 4 heterocycles. The first-order valence-corrected chi connectivity index (χ1v) is 37.0. The van der Waals surface area contributed by atoms with Gasteiger partial charge in [-0.3, -0.25) is 0 Å². The molecule has 2 aliphatic carbocycles. The van der Waals surface area contributed by atoms with Gasteiger partial charge in [0.25, 0.3) is 0 Å². The number of rotatable bonds is 18. The van der Waals surface area contributed by atoms with Crippen LogP contribution in [-0.2, 0) is 21.7 Å². The van der Waals surface area contributed by atoms with E-state index in [0.717, 1.165) is 90.4 Å². The summed E-state index contributed by atoms with van der Waals surface area (Å²) < 4.78 is 9.70. The average Bonchev–Trinajstić information content (AvgIpc) is 4.20. The number of hydrogen-bond acceptors (Lipinski definition) is 4. The molecule has 0 radical (unpaired) electrons. The SMILES string of the molecule is CCCN1/C(=C/C=C2\CCCC(/C=C/C3=[N+](CCC)c4ccccc4C3(C)C)=C2NI(C)SC2=C(/C=C/C3=[N+](CCC)c4ccccc4C3(C)C)CCC/C2=C\C=C2\N(CCC)c3ccccc3C2(C)C)C(C)(C)c2ccccc21. The van der Waals surface area contributed by atoms with Crippen molar-refractivity contribution in [3.63, 3.8) is 0 Å². The van der Waals surface area contributed by atoms with Gasteiger partial charge >= 0.3 is 497 Å². The van der Waals surface area contributed by atoms with Gasteiger partial charge in [0.15, 0.2) is 0 Å². The minimum atomic E-state index is -2.04. The van der Waals surface area contributed by atoms with Crippen LogP contribution in [0.3, 0.4) is 0 Å². The number of para-hydroxylation sites is 4. The summed E-state index contributed by atoms with van der Waals surface area (Å²) >= 11 is -2.04. The molecule has 0 saturated heterocycles. The van der Waals surface area contributed by atoms with Gasteiger partial charge in [-0.1, -0.05) is 0 Å². The minimum absolute atomic E-state index is 0.0910. The first kappa shape index (κ1) is 57.8. The second kappa shape index (κ2) is 23.8. The first-order chi connectivity index (χ1) is 38.5. The number of halogens is 1. The number of nitrogens with zero attached hydrogens (tertiary/aromatic N) is 4. The molecule has 10 rings (SSSR count). The van der Waals surface area contributed by atoms with E-state index >= 15 is 0 Å². The molecule has 5 nitrogen and oxygen atoms in total. The van der Waals surface area contributed by atoms with Crippen molar-refractivity contribution >= 4 is 61.8 Å². The quantitative estimate of drug-likeness (QED) is 0.0464. The fraction of sp³-hybridized carbons (Fsp3) is 0.425. The van der Waals surface area contributed by atoms with Gasteiger partial charge in [0.2, 0.25) is 0 Å². The maximum absolute atomic E-state index is 4.49. The number of fused-ring (bicyclic) bond motifs is 4. The molecule has 0 bridgehead atoms. The van der Waals surface area contributed by atoms with Crippen molar-refractivity contribution in [2.24, 2.45) is 0 Å². The second-order valence-electron chi connectivity index (χ2n) is 25.2. The Labute approximate surface area is 493 Å². The summed E-state index contributed by atoms with van der Waals surface area (Å²) in [5, 5.41) is 0. The Morgan fingerprint density at radius 3 is 1.40 bits per heavy atom. The third-order valence-electron chi connectivity index (χ3n) is 18.2. The zero-order chi connectivity index (χ0) is 56.6. The van der Waals surface area contributed by atoms with Crippen molar-refractivity contribution in [3.8, 4) is 0 Å². The van der Waals surface area contributed by atoms with Crippen LogP contribution in [0.15, 0.2) is 190 Å². The van der Waals surface area contributed by atoms with Gasteiger partial charge in [-0.25, -0.2) is 0 Å². The van der Waals surface area contributed by atoms with Crippen LogP contribution in [0.1, 0.15) is 170 Å². The first-order valence-electron chi connectivity index (χ1n) is 30.4. The van der Waals surface area contributed by atoms with Crippen molar-refractivity contribution in [2.45, 2.75) is 169 Å². The van der Waals surface area contributed by atoms with E-state index in [9.17, 15) is 0 Å². The molecular weight excluding hydrogens is 1110 g/mol. The molecule has 0 fully saturated rings. The topological polar surface area (TPSA) is 24.5 Å². The van der Waals surface area contributed by atoms with E-state index in [1.165, 1.54) is 101 Å². The Morgan fingerprint density at radius 2 is 0.912 bits per heavy atom. The van der Waals surface area contributed by atoms with Crippen molar-refractivity contribution in [2.75, 3.05) is 40.9 Å². The van der Waals surface area contributed by atoms with Gasteiger partial charge in [0.05, 0.1) is 0 Å². The van der Waals surface area contributed by atoms with E-state index in [-0.39, 0.29) is 21.7 Å². The van der Waals surface area contributed by atoms with Gasteiger partial charge < -0.3 is 0 Å². The van der Waals surface area contributed by atoms with Gasteiger partial charge in [0, 0.05) is 0 Å². The predicted molar refractivity (Wildman–Crippen MR) is 356 cm³/mol. The number of nitrogens with one attached hydrogen (secondary N) is 1. The van der Waals surface area contributed by atoms with Gasteiger partial charge in [0.1, 0.15) is 0 Å². The van der Waals surface area contributed by atoms with Crippen molar-refractivity contribution in [1.82, 2.24) is 3.53 Å². The summed E-state index contributed by atoms with van der Waals surface area (Å²) in [6.45, 7) is 32.7. The monoisotopic (exact) mass is 1200 g/mol. The molecule has 0 aromatic heterocycles. The molecule has 7 heteroatoms. The summed E-state index contributed by atoms with van der Waals surface area (Å²) in [5.41, 5.74) is 23.6. The second-order valence-corrected chi connectivity index (χ2v) is 33.1. The molecule has 0 atom stereocenters. The van der Waals surface area contributed by atoms with Gasteiger partial charge in [-0.15, -0.1) is 0 Å². The van der Waals surface area contributed by atoms with Crippen LogP contribution in [0.2, 0.25) is 0 Å². The Hall–Kier alpha value is -5.38. The molecule has 0 spiro atoms. The third-order valence-corrected chi connectivity index (χ3v) is 24.2. The van der Waals surface area contributed by atoms with Crippen molar-refractivity contribution < 1.29 is 9.15 Å². The number of alkyl halides is 1. The number of benzene rings is 4. The molecule has 0 unspecified atom stereocenters. The van der Waals surface area contributed by atoms with E-state index in [1.54, 1.807) is 0 Å². The zero-order valence-electron chi connectivity index (χ0n) is 50.8.